The minimum atomic E-state index is -0.540. The Morgan fingerprint density at radius 1 is 1.19 bits per heavy atom. The van der Waals surface area contributed by atoms with Crippen molar-refractivity contribution in [3.63, 3.8) is 0 Å². The van der Waals surface area contributed by atoms with Crippen molar-refractivity contribution in [2.75, 3.05) is 33.4 Å². The summed E-state index contributed by atoms with van der Waals surface area (Å²) in [5, 5.41) is 14.4. The summed E-state index contributed by atoms with van der Waals surface area (Å²) >= 11 is 0. The van der Waals surface area contributed by atoms with Crippen molar-refractivity contribution >= 4 is 16.6 Å². The molecule has 5 rings (SSSR count). The van der Waals surface area contributed by atoms with Crippen molar-refractivity contribution in [1.82, 2.24) is 19.7 Å². The minimum absolute atomic E-state index is 0.250. The molecule has 1 aromatic carbocycles. The van der Waals surface area contributed by atoms with E-state index in [0.717, 1.165) is 46.7 Å². The van der Waals surface area contributed by atoms with Crippen molar-refractivity contribution < 1.29 is 19.3 Å². The Hall–Kier alpha value is -3.20. The summed E-state index contributed by atoms with van der Waals surface area (Å²) in [5.74, 6) is 1.42. The fourth-order valence-electron chi connectivity index (χ4n) is 3.96. The molecule has 0 saturated carbocycles. The Kier molecular flexibility index (Phi) is 5.89. The van der Waals surface area contributed by atoms with Gasteiger partial charge >= 0.3 is 0 Å². The molecule has 2 N–H and O–H groups in total. The molecule has 0 unspecified atom stereocenters. The van der Waals surface area contributed by atoms with E-state index < -0.39 is 6.10 Å². The van der Waals surface area contributed by atoms with Crippen molar-refractivity contribution in [3.8, 4) is 22.9 Å². The van der Waals surface area contributed by atoms with Gasteiger partial charge in [0.1, 0.15) is 41.5 Å². The van der Waals surface area contributed by atoms with E-state index >= 15 is 0 Å². The molecule has 0 spiro atoms. The molecule has 32 heavy (non-hydrogen) atoms. The molecule has 0 aliphatic carbocycles. The Balaban J connectivity index is 1.47. The summed E-state index contributed by atoms with van der Waals surface area (Å²) in [6, 6.07) is 13.7. The number of nitrogens with zero attached hydrogens (tertiary/aromatic N) is 3. The smallest absolute Gasteiger partial charge is 0.146 e. The molecular weight excluding hydrogens is 408 g/mol. The van der Waals surface area contributed by atoms with Gasteiger partial charge in [-0.05, 0) is 31.2 Å². The molecule has 1 aliphatic heterocycles. The number of benzene rings is 1. The first-order valence-corrected chi connectivity index (χ1v) is 10.8. The number of nitrogens with one attached hydrogen (secondary N) is 1. The lowest BCUT2D eigenvalue weighted by molar-refractivity contribution is 0.0170. The lowest BCUT2D eigenvalue weighted by Crippen LogP contribution is -2.46. The van der Waals surface area contributed by atoms with Crippen LogP contribution in [0.1, 0.15) is 6.42 Å². The summed E-state index contributed by atoms with van der Waals surface area (Å²) in [6.45, 7) is 2.38. The van der Waals surface area contributed by atoms with Crippen LogP contribution in [0.3, 0.4) is 0 Å². The van der Waals surface area contributed by atoms with Crippen LogP contribution in [0.2, 0.25) is 0 Å². The quantitative estimate of drug-likeness (QED) is 0.432. The second kappa shape index (κ2) is 9.12. The molecule has 166 valence electrons. The lowest BCUT2D eigenvalue weighted by Gasteiger charge is -2.29. The van der Waals surface area contributed by atoms with Crippen molar-refractivity contribution in [2.45, 2.75) is 18.6 Å². The van der Waals surface area contributed by atoms with Crippen LogP contribution in [0, 0.1) is 0 Å². The summed E-state index contributed by atoms with van der Waals surface area (Å²) in [7, 11) is 1.65. The lowest BCUT2D eigenvalue weighted by atomic mass is 10.1. The third-order valence-electron chi connectivity index (χ3n) is 5.65. The number of aromatic nitrogens is 3. The Labute approximate surface area is 185 Å². The van der Waals surface area contributed by atoms with Gasteiger partial charge in [0.25, 0.3) is 0 Å². The van der Waals surface area contributed by atoms with Crippen LogP contribution in [0.15, 0.2) is 54.9 Å². The predicted molar refractivity (Wildman–Crippen MR) is 121 cm³/mol. The Bertz CT molecular complexity index is 1230. The maximum absolute atomic E-state index is 10.3. The van der Waals surface area contributed by atoms with Gasteiger partial charge in [0.2, 0.25) is 0 Å². The number of imidazole rings is 1. The third-order valence-corrected chi connectivity index (χ3v) is 5.65. The van der Waals surface area contributed by atoms with Crippen molar-refractivity contribution in [1.29, 1.82) is 0 Å². The summed E-state index contributed by atoms with van der Waals surface area (Å²) < 4.78 is 18.9. The van der Waals surface area contributed by atoms with Crippen LogP contribution in [-0.4, -0.2) is 65.1 Å². The van der Waals surface area contributed by atoms with E-state index in [-0.39, 0.29) is 6.10 Å². The number of methoxy groups -OCH3 is 1. The average Bonchev–Trinajstić information content (AvgIpc) is 3.24. The van der Waals surface area contributed by atoms with Gasteiger partial charge in [0.15, 0.2) is 0 Å². The van der Waals surface area contributed by atoms with Gasteiger partial charge in [-0.25, -0.2) is 9.97 Å². The standard InChI is InChI=1S/C24H26N4O4/c1-30-11-12-31-17-8-10-28-19(14-26-23(28)13-17)18-6-5-16-3-2-4-22(24(16)27-18)32-21-7-9-25-15-20(21)29/h2-6,8,10,13-14,20-21,25,29H,7,9,11-12,15H2,1H3/t20-,21-/m1/s1. The number of piperidine rings is 1. The van der Waals surface area contributed by atoms with Gasteiger partial charge < -0.3 is 24.6 Å². The molecule has 2 atom stereocenters. The molecule has 0 radical (unpaired) electrons. The molecule has 0 amide bonds. The number of para-hydroxylation sites is 1. The molecule has 4 aromatic rings. The maximum atomic E-state index is 10.3. The Morgan fingerprint density at radius 3 is 3.00 bits per heavy atom. The highest BCUT2D eigenvalue weighted by atomic mass is 16.5. The highest BCUT2D eigenvalue weighted by Crippen LogP contribution is 2.30. The average molecular weight is 434 g/mol. The number of β-amino-alcohol motifs (C(OH)–C–C–N with tert-alkyl or cyclic N) is 1. The summed E-state index contributed by atoms with van der Waals surface area (Å²) in [6.07, 6.45) is 3.70. The summed E-state index contributed by atoms with van der Waals surface area (Å²) in [5.41, 5.74) is 3.21. The van der Waals surface area contributed by atoms with E-state index in [1.165, 1.54) is 0 Å². The number of aliphatic hydroxyl groups is 1. The van der Waals surface area contributed by atoms with E-state index in [1.54, 1.807) is 7.11 Å². The van der Waals surface area contributed by atoms with Crippen LogP contribution in [0.4, 0.5) is 0 Å². The van der Waals surface area contributed by atoms with Crippen LogP contribution in [0.5, 0.6) is 11.5 Å². The number of rotatable bonds is 7. The first-order chi connectivity index (χ1) is 15.7. The molecule has 0 bridgehead atoms. The van der Waals surface area contributed by atoms with Gasteiger partial charge in [-0.3, -0.25) is 4.40 Å². The van der Waals surface area contributed by atoms with E-state index in [9.17, 15) is 5.11 Å². The van der Waals surface area contributed by atoms with Gasteiger partial charge in [-0.1, -0.05) is 18.2 Å². The normalized spacial score (nSPS) is 18.8. The monoisotopic (exact) mass is 434 g/mol. The molecular formula is C24H26N4O4. The van der Waals surface area contributed by atoms with Gasteiger partial charge in [0, 0.05) is 31.3 Å². The second-order valence-corrected chi connectivity index (χ2v) is 7.82. The van der Waals surface area contributed by atoms with Crippen LogP contribution in [-0.2, 0) is 4.74 Å². The van der Waals surface area contributed by atoms with E-state index in [4.69, 9.17) is 19.2 Å². The number of pyridine rings is 2. The van der Waals surface area contributed by atoms with Crippen LogP contribution in [0.25, 0.3) is 27.9 Å². The Morgan fingerprint density at radius 2 is 2.12 bits per heavy atom. The van der Waals surface area contributed by atoms with Crippen molar-refractivity contribution in [2.24, 2.45) is 0 Å². The molecule has 3 aromatic heterocycles. The van der Waals surface area contributed by atoms with Gasteiger partial charge in [0.05, 0.1) is 24.2 Å². The van der Waals surface area contributed by atoms with Crippen LogP contribution < -0.4 is 14.8 Å². The number of fused-ring (bicyclic) bond motifs is 2. The molecule has 1 aliphatic rings. The van der Waals surface area contributed by atoms with E-state index in [0.29, 0.717) is 25.5 Å². The predicted octanol–water partition coefficient (Wildman–Crippen LogP) is 2.68. The summed E-state index contributed by atoms with van der Waals surface area (Å²) in [4.78, 5) is 9.44. The fourth-order valence-corrected chi connectivity index (χ4v) is 3.96. The molecule has 8 nitrogen and oxygen atoms in total. The number of aliphatic hydroxyl groups excluding tert-OH is 1. The van der Waals surface area contributed by atoms with Gasteiger partial charge in [-0.2, -0.15) is 0 Å². The minimum Gasteiger partial charge on any atom is -0.491 e. The van der Waals surface area contributed by atoms with Gasteiger partial charge in [-0.15, -0.1) is 0 Å². The van der Waals surface area contributed by atoms with E-state index in [1.807, 2.05) is 59.3 Å². The molecule has 1 fully saturated rings. The first-order valence-electron chi connectivity index (χ1n) is 10.8. The first kappa shape index (κ1) is 20.7. The van der Waals surface area contributed by atoms with E-state index in [2.05, 4.69) is 10.3 Å². The zero-order valence-corrected chi connectivity index (χ0v) is 17.9. The topological polar surface area (TPSA) is 90.1 Å². The van der Waals surface area contributed by atoms with Crippen LogP contribution >= 0.6 is 0 Å². The number of ether oxygens (including phenoxy) is 3. The maximum Gasteiger partial charge on any atom is 0.146 e. The highest BCUT2D eigenvalue weighted by Gasteiger charge is 2.25. The zero-order valence-electron chi connectivity index (χ0n) is 17.9. The number of hydrogen-bond donors (Lipinski definition) is 2. The highest BCUT2D eigenvalue weighted by molar-refractivity contribution is 5.86. The number of hydrogen-bond acceptors (Lipinski definition) is 7. The van der Waals surface area contributed by atoms with Crippen molar-refractivity contribution in [3.05, 3.63) is 54.9 Å². The molecule has 8 heteroatoms. The second-order valence-electron chi connectivity index (χ2n) is 7.82. The SMILES string of the molecule is COCCOc1ccn2c(-c3ccc4cccc(O[C@@H]5CCNC[C@H]5O)c4n3)cnc2c1. The molecule has 1 saturated heterocycles. The fraction of sp³-hybridized carbons (Fsp3) is 0.333. The largest absolute Gasteiger partial charge is 0.491 e. The third kappa shape index (κ3) is 4.12. The zero-order chi connectivity index (χ0) is 21.9. The molecule has 4 heterocycles.